The van der Waals surface area contributed by atoms with Gasteiger partial charge in [-0.15, -0.1) is 0 Å². The lowest BCUT2D eigenvalue weighted by Gasteiger charge is -2.16. The van der Waals surface area contributed by atoms with E-state index in [1.807, 2.05) is 0 Å². The first-order valence-corrected chi connectivity index (χ1v) is 9.66. The number of nitrogens with one attached hydrogen (secondary N) is 1. The van der Waals surface area contributed by atoms with Gasteiger partial charge in [-0.2, -0.15) is 0 Å². The second kappa shape index (κ2) is 8.20. The topological polar surface area (TPSA) is 75.7 Å². The minimum atomic E-state index is -0.751. The van der Waals surface area contributed by atoms with Crippen LogP contribution in [0.5, 0.6) is 5.75 Å². The number of fused-ring (bicyclic) bond motifs is 1. The number of nitrogens with zero attached hydrogens (tertiary/aromatic N) is 1. The summed E-state index contributed by atoms with van der Waals surface area (Å²) in [6.45, 7) is -0.0256. The third kappa shape index (κ3) is 3.75. The zero-order chi connectivity index (χ0) is 22.1. The maximum absolute atomic E-state index is 14.2. The Balaban J connectivity index is 1.61. The number of anilines is 1. The zero-order valence-corrected chi connectivity index (χ0v) is 17.1. The molecule has 3 aromatic carbocycles. The van der Waals surface area contributed by atoms with Gasteiger partial charge in [-0.25, -0.2) is 4.39 Å². The van der Waals surface area contributed by atoms with Crippen LogP contribution in [0.15, 0.2) is 60.7 Å². The van der Waals surface area contributed by atoms with E-state index in [-0.39, 0.29) is 28.6 Å². The molecule has 31 heavy (non-hydrogen) atoms. The molecule has 156 valence electrons. The van der Waals surface area contributed by atoms with Gasteiger partial charge in [0.15, 0.2) is 5.82 Å². The van der Waals surface area contributed by atoms with Crippen molar-refractivity contribution in [3.63, 3.8) is 0 Å². The molecule has 0 aromatic heterocycles. The summed E-state index contributed by atoms with van der Waals surface area (Å²) in [7, 11) is 1.40. The second-order valence-corrected chi connectivity index (χ2v) is 7.24. The van der Waals surface area contributed by atoms with Gasteiger partial charge < -0.3 is 10.1 Å². The second-order valence-electron chi connectivity index (χ2n) is 6.83. The first-order chi connectivity index (χ1) is 14.9. The first-order valence-electron chi connectivity index (χ1n) is 9.28. The maximum Gasteiger partial charge on any atom is 0.261 e. The van der Waals surface area contributed by atoms with Gasteiger partial charge in [0.05, 0.1) is 41.1 Å². The van der Waals surface area contributed by atoms with Crippen molar-refractivity contribution in [2.24, 2.45) is 0 Å². The van der Waals surface area contributed by atoms with E-state index in [1.165, 1.54) is 31.4 Å². The molecule has 1 aliphatic rings. The highest BCUT2D eigenvalue weighted by Gasteiger charge is 2.35. The van der Waals surface area contributed by atoms with Crippen LogP contribution >= 0.6 is 11.6 Å². The van der Waals surface area contributed by atoms with Crippen LogP contribution in [0.3, 0.4) is 0 Å². The van der Waals surface area contributed by atoms with E-state index in [0.717, 1.165) is 4.90 Å². The van der Waals surface area contributed by atoms with Gasteiger partial charge in [0.1, 0.15) is 5.75 Å². The predicted octanol–water partition coefficient (Wildman–Crippen LogP) is 4.54. The first kappa shape index (κ1) is 20.6. The number of benzene rings is 3. The Labute approximate surface area is 182 Å². The van der Waals surface area contributed by atoms with Crippen LogP contribution in [-0.2, 0) is 6.54 Å². The summed E-state index contributed by atoms with van der Waals surface area (Å²) in [6.07, 6.45) is 0. The number of imide groups is 1. The molecule has 0 spiro atoms. The molecule has 3 aromatic rings. The van der Waals surface area contributed by atoms with Crippen LogP contribution in [0.2, 0.25) is 5.02 Å². The molecule has 6 nitrogen and oxygen atoms in total. The molecular formula is C23H16ClFN2O4. The highest BCUT2D eigenvalue weighted by Crippen LogP contribution is 2.28. The molecule has 4 rings (SSSR count). The lowest BCUT2D eigenvalue weighted by Crippen LogP contribution is -2.29. The van der Waals surface area contributed by atoms with Crippen molar-refractivity contribution in [2.75, 3.05) is 12.4 Å². The Morgan fingerprint density at radius 3 is 2.35 bits per heavy atom. The van der Waals surface area contributed by atoms with Crippen molar-refractivity contribution in [3.8, 4) is 5.75 Å². The van der Waals surface area contributed by atoms with Crippen LogP contribution < -0.4 is 10.1 Å². The van der Waals surface area contributed by atoms with E-state index in [2.05, 4.69) is 5.32 Å². The van der Waals surface area contributed by atoms with E-state index < -0.39 is 23.5 Å². The monoisotopic (exact) mass is 438 g/mol. The van der Waals surface area contributed by atoms with Crippen LogP contribution in [0.25, 0.3) is 0 Å². The summed E-state index contributed by atoms with van der Waals surface area (Å²) in [5.74, 6) is -1.92. The smallest absolute Gasteiger partial charge is 0.261 e. The minimum Gasteiger partial charge on any atom is -0.496 e. The summed E-state index contributed by atoms with van der Waals surface area (Å²) < 4.78 is 19.4. The molecule has 1 N–H and O–H groups in total. The largest absolute Gasteiger partial charge is 0.496 e. The van der Waals surface area contributed by atoms with Crippen LogP contribution in [-0.4, -0.2) is 29.7 Å². The third-order valence-corrected chi connectivity index (χ3v) is 5.22. The molecule has 0 atom stereocenters. The van der Waals surface area contributed by atoms with Gasteiger partial charge in [-0.05, 0) is 42.0 Å². The van der Waals surface area contributed by atoms with Gasteiger partial charge in [-0.1, -0.05) is 35.9 Å². The van der Waals surface area contributed by atoms with E-state index in [4.69, 9.17) is 16.3 Å². The Kier molecular flexibility index (Phi) is 5.44. The zero-order valence-electron chi connectivity index (χ0n) is 16.3. The Morgan fingerprint density at radius 2 is 1.71 bits per heavy atom. The van der Waals surface area contributed by atoms with E-state index in [1.54, 1.807) is 36.4 Å². The molecule has 1 aliphatic heterocycles. The summed E-state index contributed by atoms with van der Waals surface area (Å²) >= 11 is 5.77. The number of halogens is 2. The van der Waals surface area contributed by atoms with Crippen LogP contribution in [0.1, 0.15) is 36.6 Å². The van der Waals surface area contributed by atoms with Crippen molar-refractivity contribution in [3.05, 3.63) is 93.8 Å². The minimum absolute atomic E-state index is 0.0256. The van der Waals surface area contributed by atoms with E-state index >= 15 is 0 Å². The standard InChI is InChI=1S/C23H16ClFN2O4/c1-31-19-10-9-13(12-27-22(29)14-5-2-3-6-15(14)23(27)30)11-16(19)21(28)26-18-8-4-7-17(24)20(18)25/h2-11H,12H2,1H3,(H,26,28). The lowest BCUT2D eigenvalue weighted by molar-refractivity contribution is 0.0642. The van der Waals surface area contributed by atoms with Gasteiger partial charge in [0.25, 0.3) is 17.7 Å². The van der Waals surface area contributed by atoms with Crippen LogP contribution in [0.4, 0.5) is 10.1 Å². The maximum atomic E-state index is 14.2. The number of carbonyl (C=O) groups is 3. The fourth-order valence-corrected chi connectivity index (χ4v) is 3.56. The average molecular weight is 439 g/mol. The van der Waals surface area contributed by atoms with Gasteiger partial charge >= 0.3 is 0 Å². The number of rotatable bonds is 5. The quantitative estimate of drug-likeness (QED) is 0.593. The van der Waals surface area contributed by atoms with Crippen LogP contribution in [0, 0.1) is 5.82 Å². The fraction of sp³-hybridized carbons (Fsp3) is 0.0870. The normalized spacial score (nSPS) is 12.7. The molecule has 0 saturated carbocycles. The predicted molar refractivity (Wildman–Crippen MR) is 113 cm³/mol. The number of carbonyl (C=O) groups excluding carboxylic acids is 3. The molecule has 0 radical (unpaired) electrons. The van der Waals surface area contributed by atoms with Crippen molar-refractivity contribution >= 4 is 35.0 Å². The lowest BCUT2D eigenvalue weighted by atomic mass is 10.1. The van der Waals surface area contributed by atoms with Gasteiger partial charge in [0.2, 0.25) is 0 Å². The highest BCUT2D eigenvalue weighted by molar-refractivity contribution is 6.31. The highest BCUT2D eigenvalue weighted by atomic mass is 35.5. The van der Waals surface area contributed by atoms with Gasteiger partial charge in [-0.3, -0.25) is 19.3 Å². The number of amides is 3. The van der Waals surface area contributed by atoms with Crippen molar-refractivity contribution in [1.29, 1.82) is 0 Å². The molecule has 0 unspecified atom stereocenters. The number of hydrogen-bond donors (Lipinski definition) is 1. The third-order valence-electron chi connectivity index (χ3n) is 4.93. The summed E-state index contributed by atoms with van der Waals surface area (Å²) in [4.78, 5) is 39.1. The molecule has 0 fully saturated rings. The summed E-state index contributed by atoms with van der Waals surface area (Å²) in [5, 5.41) is 2.35. The Morgan fingerprint density at radius 1 is 1.03 bits per heavy atom. The number of ether oxygens (including phenoxy) is 1. The molecule has 0 bridgehead atoms. The van der Waals surface area contributed by atoms with Crippen molar-refractivity contribution in [2.45, 2.75) is 6.54 Å². The summed E-state index contributed by atoms with van der Waals surface area (Å²) in [6, 6.07) is 15.6. The molecule has 3 amide bonds. The SMILES string of the molecule is COc1ccc(CN2C(=O)c3ccccc3C2=O)cc1C(=O)Nc1cccc(Cl)c1F. The van der Waals surface area contributed by atoms with Gasteiger partial charge in [0, 0.05) is 0 Å². The van der Waals surface area contributed by atoms with Crippen molar-refractivity contribution in [1.82, 2.24) is 4.90 Å². The molecule has 0 saturated heterocycles. The number of methoxy groups -OCH3 is 1. The van der Waals surface area contributed by atoms with E-state index in [9.17, 15) is 18.8 Å². The molecular weight excluding hydrogens is 423 g/mol. The Hall–Kier alpha value is -3.71. The summed E-state index contributed by atoms with van der Waals surface area (Å²) in [5.41, 5.74) is 1.26. The average Bonchev–Trinajstić information content (AvgIpc) is 3.02. The molecule has 0 aliphatic carbocycles. The van der Waals surface area contributed by atoms with E-state index in [0.29, 0.717) is 16.7 Å². The molecule has 1 heterocycles. The fourth-order valence-electron chi connectivity index (χ4n) is 3.39. The number of hydrogen-bond acceptors (Lipinski definition) is 4. The molecule has 8 heteroatoms. The van der Waals surface area contributed by atoms with Crippen molar-refractivity contribution < 1.29 is 23.5 Å². The Bertz CT molecular complexity index is 1190.